The Morgan fingerprint density at radius 3 is 2.23 bits per heavy atom. The van der Waals surface area contributed by atoms with Gasteiger partial charge < -0.3 is 5.11 Å². The molecule has 43 heavy (non-hydrogen) atoms. The number of H-pyrrole nitrogens is 1. The van der Waals surface area contributed by atoms with Crippen molar-refractivity contribution < 1.29 is 9.90 Å². The second-order valence-corrected chi connectivity index (χ2v) is 12.9. The second kappa shape index (κ2) is 9.39. The third-order valence-corrected chi connectivity index (χ3v) is 10.2. The minimum absolute atomic E-state index is 0.163. The molecule has 4 bridgehead atoms. The maximum Gasteiger partial charge on any atom is 0.335 e. The number of carbonyl (C=O) groups excluding carboxylic acids is 1. The molecule has 3 aromatic carbocycles. The van der Waals surface area contributed by atoms with Crippen molar-refractivity contribution in [1.29, 1.82) is 0 Å². The Kier molecular flexibility index (Phi) is 5.67. The Morgan fingerprint density at radius 1 is 0.884 bits per heavy atom. The van der Waals surface area contributed by atoms with E-state index in [1.165, 1.54) is 55.2 Å². The summed E-state index contributed by atoms with van der Waals surface area (Å²) >= 11 is 0. The van der Waals surface area contributed by atoms with E-state index in [-0.39, 0.29) is 16.6 Å². The molecule has 0 spiro atoms. The molecule has 8 nitrogen and oxygen atoms in total. The van der Waals surface area contributed by atoms with E-state index in [1.807, 2.05) is 54.6 Å². The largest absolute Gasteiger partial charge is 0.494 e. The van der Waals surface area contributed by atoms with Crippen LogP contribution in [-0.4, -0.2) is 26.3 Å². The third-order valence-electron chi connectivity index (χ3n) is 10.2. The molecule has 216 valence electrons. The number of carbonyl (C=O) groups is 1. The van der Waals surface area contributed by atoms with Crippen molar-refractivity contribution >= 4 is 34.2 Å². The summed E-state index contributed by atoms with van der Waals surface area (Å²) < 4.78 is 1.09. The Hall–Kier alpha value is -4.72. The van der Waals surface area contributed by atoms with E-state index < -0.39 is 23.0 Å². The Morgan fingerprint density at radius 2 is 1.53 bits per heavy atom. The van der Waals surface area contributed by atoms with Crippen molar-refractivity contribution in [2.75, 3.05) is 5.01 Å². The van der Waals surface area contributed by atoms with Gasteiger partial charge in [-0.15, -0.1) is 0 Å². The van der Waals surface area contributed by atoms with E-state index in [0.29, 0.717) is 17.1 Å². The van der Waals surface area contributed by atoms with Gasteiger partial charge >= 0.3 is 5.69 Å². The number of benzene rings is 3. The number of amides is 1. The predicted octanol–water partition coefficient (Wildman–Crippen LogP) is 5.66. The number of anilines is 1. The lowest BCUT2D eigenvalue weighted by Gasteiger charge is -2.57. The molecule has 4 saturated carbocycles. The van der Waals surface area contributed by atoms with Gasteiger partial charge in [-0.05, 0) is 104 Å². The highest BCUT2D eigenvalue weighted by molar-refractivity contribution is 6.33. The normalized spacial score (nSPS) is 27.0. The second-order valence-electron chi connectivity index (χ2n) is 12.9. The molecular formula is C35H32N4O4. The molecule has 0 unspecified atom stereocenters. The lowest BCUT2D eigenvalue weighted by atomic mass is 9.48. The van der Waals surface area contributed by atoms with Crippen LogP contribution in [0.25, 0.3) is 22.5 Å². The topological polar surface area (TPSA) is 108 Å². The number of aromatic hydroxyl groups is 1. The van der Waals surface area contributed by atoms with Gasteiger partial charge in [-0.1, -0.05) is 48.5 Å². The van der Waals surface area contributed by atoms with Crippen molar-refractivity contribution in [3.05, 3.63) is 104 Å². The maximum absolute atomic E-state index is 13.6. The summed E-state index contributed by atoms with van der Waals surface area (Å²) in [5.74, 6) is 1.50. The zero-order chi connectivity index (χ0) is 29.5. The molecule has 0 saturated heterocycles. The SMILES string of the molecule is CC1=NN(c2cccc3ccccc23)C(=O)/C1=C\c1c(O)n(-c2ccc(C34CC5CC(CC(C5)C3)C4)cc2)c(=O)[nH]c1=O. The Bertz CT molecular complexity index is 1960. The van der Waals surface area contributed by atoms with Crippen LogP contribution in [-0.2, 0) is 10.2 Å². The number of aromatic nitrogens is 2. The predicted molar refractivity (Wildman–Crippen MR) is 167 cm³/mol. The number of hydrazone groups is 1. The van der Waals surface area contributed by atoms with Gasteiger partial charge in [-0.3, -0.25) is 14.6 Å². The number of aromatic amines is 1. The fourth-order valence-corrected chi connectivity index (χ4v) is 8.72. The van der Waals surface area contributed by atoms with Crippen LogP contribution in [0.3, 0.4) is 0 Å². The van der Waals surface area contributed by atoms with Crippen molar-refractivity contribution in [3.8, 4) is 11.6 Å². The molecule has 1 amide bonds. The summed E-state index contributed by atoms with van der Waals surface area (Å²) in [5, 5.41) is 18.9. The zero-order valence-corrected chi connectivity index (χ0v) is 23.9. The minimum atomic E-state index is -0.777. The summed E-state index contributed by atoms with van der Waals surface area (Å²) in [6.45, 7) is 1.68. The van der Waals surface area contributed by atoms with Crippen molar-refractivity contribution in [1.82, 2.24) is 9.55 Å². The van der Waals surface area contributed by atoms with Crippen LogP contribution in [0.15, 0.2) is 87.0 Å². The van der Waals surface area contributed by atoms with Crippen molar-refractivity contribution in [3.63, 3.8) is 0 Å². The lowest BCUT2D eigenvalue weighted by molar-refractivity contribution is -0.114. The first-order chi connectivity index (χ1) is 20.8. The smallest absolute Gasteiger partial charge is 0.335 e. The maximum atomic E-state index is 13.6. The van der Waals surface area contributed by atoms with E-state index >= 15 is 0 Å². The highest BCUT2D eigenvalue weighted by Gasteiger charge is 2.51. The summed E-state index contributed by atoms with van der Waals surface area (Å²) in [4.78, 5) is 41.8. The van der Waals surface area contributed by atoms with E-state index in [2.05, 4.69) is 22.2 Å². The quantitative estimate of drug-likeness (QED) is 0.308. The van der Waals surface area contributed by atoms with Gasteiger partial charge in [-0.2, -0.15) is 10.1 Å². The number of hydrogen-bond acceptors (Lipinski definition) is 5. The molecule has 0 radical (unpaired) electrons. The van der Waals surface area contributed by atoms with Crippen LogP contribution in [0.4, 0.5) is 5.69 Å². The van der Waals surface area contributed by atoms with Gasteiger partial charge in [0.25, 0.3) is 11.5 Å². The number of rotatable bonds is 4. The van der Waals surface area contributed by atoms with Gasteiger partial charge in [0.15, 0.2) is 0 Å². The first-order valence-corrected chi connectivity index (χ1v) is 15.1. The van der Waals surface area contributed by atoms with Crippen LogP contribution in [0.5, 0.6) is 5.88 Å². The number of nitrogens with one attached hydrogen (secondary N) is 1. The number of nitrogens with zero attached hydrogens (tertiary/aromatic N) is 3. The van der Waals surface area contributed by atoms with Gasteiger partial charge in [0.1, 0.15) is 5.56 Å². The fourth-order valence-electron chi connectivity index (χ4n) is 8.72. The fraction of sp³-hybridized carbons (Fsp3) is 0.314. The number of hydrogen-bond donors (Lipinski definition) is 2. The molecule has 1 aliphatic heterocycles. The summed E-state index contributed by atoms with van der Waals surface area (Å²) in [7, 11) is 0. The van der Waals surface area contributed by atoms with E-state index in [4.69, 9.17) is 0 Å². The average molecular weight is 573 g/mol. The summed E-state index contributed by atoms with van der Waals surface area (Å²) in [5.41, 5.74) is 1.43. The molecular weight excluding hydrogens is 540 g/mol. The molecule has 1 aromatic heterocycles. The van der Waals surface area contributed by atoms with Crippen LogP contribution in [0, 0.1) is 17.8 Å². The van der Waals surface area contributed by atoms with Crippen LogP contribution in [0.2, 0.25) is 0 Å². The Labute approximate surface area is 248 Å². The molecule has 5 aliphatic rings. The standard InChI is InChI=1S/C35H32N4O4/c1-20-28(33(42)39(37-20)30-8-4-6-24-5-2-3-7-27(24)30)16-29-31(40)36-34(43)38(32(29)41)26-11-9-25(10-12-26)35-17-21-13-22(18-35)15-23(14-21)19-35/h2-12,16,21-23,41H,13-15,17-19H2,1H3,(H,36,40,43)/b28-16-. The molecule has 2 heterocycles. The van der Waals surface area contributed by atoms with Crippen LogP contribution in [0.1, 0.15) is 56.6 Å². The molecule has 9 rings (SSSR count). The zero-order valence-electron chi connectivity index (χ0n) is 23.9. The van der Waals surface area contributed by atoms with E-state index in [1.54, 1.807) is 6.92 Å². The van der Waals surface area contributed by atoms with Crippen LogP contribution >= 0.6 is 0 Å². The van der Waals surface area contributed by atoms with E-state index in [9.17, 15) is 19.5 Å². The lowest BCUT2D eigenvalue weighted by Crippen LogP contribution is -2.48. The highest BCUT2D eigenvalue weighted by Crippen LogP contribution is 2.60. The molecule has 4 fully saturated rings. The summed E-state index contributed by atoms with van der Waals surface area (Å²) in [6, 6.07) is 21.2. The highest BCUT2D eigenvalue weighted by atomic mass is 16.3. The average Bonchev–Trinajstić information content (AvgIpc) is 3.26. The first-order valence-electron chi connectivity index (χ1n) is 15.1. The summed E-state index contributed by atoms with van der Waals surface area (Å²) in [6.07, 6.45) is 9.09. The van der Waals surface area contributed by atoms with E-state index in [0.717, 1.165) is 33.1 Å². The van der Waals surface area contributed by atoms with Gasteiger partial charge in [0.05, 0.1) is 22.7 Å². The van der Waals surface area contributed by atoms with Gasteiger partial charge in [0, 0.05) is 5.39 Å². The van der Waals surface area contributed by atoms with Crippen LogP contribution < -0.4 is 16.3 Å². The molecule has 8 heteroatoms. The third kappa shape index (κ3) is 4.03. The van der Waals surface area contributed by atoms with Crippen molar-refractivity contribution in [2.45, 2.75) is 50.9 Å². The number of fused-ring (bicyclic) bond motifs is 1. The van der Waals surface area contributed by atoms with Gasteiger partial charge in [-0.25, -0.2) is 9.36 Å². The molecule has 0 atom stereocenters. The monoisotopic (exact) mass is 572 g/mol. The van der Waals surface area contributed by atoms with Gasteiger partial charge in [0.2, 0.25) is 5.88 Å². The Balaban J connectivity index is 1.15. The first kappa shape index (κ1) is 25.9. The minimum Gasteiger partial charge on any atom is -0.494 e. The molecule has 4 aromatic rings. The molecule has 4 aliphatic carbocycles. The van der Waals surface area contributed by atoms with Crippen molar-refractivity contribution in [2.24, 2.45) is 22.9 Å². The molecule has 2 N–H and O–H groups in total.